The van der Waals surface area contributed by atoms with Crippen LogP contribution in [0, 0.1) is 5.92 Å². The van der Waals surface area contributed by atoms with Gasteiger partial charge in [-0.2, -0.15) is 0 Å². The maximum atomic E-state index is 10.4. The molecule has 86 valence electrons. The highest BCUT2D eigenvalue weighted by Crippen LogP contribution is 2.34. The molecule has 0 radical (unpaired) electrons. The molecule has 2 unspecified atom stereocenters. The second kappa shape index (κ2) is 5.64. The van der Waals surface area contributed by atoms with Gasteiger partial charge in [0.05, 0.1) is 0 Å². The Hall–Kier alpha value is -0.370. The first-order valence-electron chi connectivity index (χ1n) is 6.59. The third-order valence-corrected chi connectivity index (χ3v) is 4.13. The van der Waals surface area contributed by atoms with Crippen LogP contribution in [0.2, 0.25) is 0 Å². The standard InChI is InChI=1S/C13H23NO/c15-11-5-7-12-6-4-8-13(12)14-9-2-1-3-10-14/h11-13H,1-10H2. The average Bonchev–Trinajstić information content (AvgIpc) is 2.75. The number of carbonyl (C=O) groups is 1. The number of likely N-dealkylation sites (tertiary alicyclic amines) is 1. The molecule has 2 rings (SSSR count). The molecule has 1 aliphatic heterocycles. The Kier molecular flexibility index (Phi) is 4.18. The molecule has 0 aromatic heterocycles. The van der Waals surface area contributed by atoms with Crippen LogP contribution >= 0.6 is 0 Å². The molecule has 2 aliphatic rings. The number of piperidine rings is 1. The molecule has 0 N–H and O–H groups in total. The van der Waals surface area contributed by atoms with E-state index in [-0.39, 0.29) is 0 Å². The van der Waals surface area contributed by atoms with E-state index in [9.17, 15) is 4.79 Å². The van der Waals surface area contributed by atoms with Gasteiger partial charge >= 0.3 is 0 Å². The monoisotopic (exact) mass is 209 g/mol. The predicted octanol–water partition coefficient (Wildman–Crippen LogP) is 2.62. The van der Waals surface area contributed by atoms with Gasteiger partial charge in [-0.3, -0.25) is 0 Å². The fraction of sp³-hybridized carbons (Fsp3) is 0.923. The molecule has 2 heteroatoms. The Labute approximate surface area is 93.0 Å². The Morgan fingerprint density at radius 3 is 2.60 bits per heavy atom. The molecule has 0 spiro atoms. The highest BCUT2D eigenvalue weighted by Gasteiger charge is 2.31. The number of aldehydes is 1. The Balaban J connectivity index is 1.85. The summed E-state index contributed by atoms with van der Waals surface area (Å²) in [6, 6.07) is 0.810. The van der Waals surface area contributed by atoms with Crippen molar-refractivity contribution in [1.29, 1.82) is 0 Å². The molecule has 15 heavy (non-hydrogen) atoms. The fourth-order valence-corrected chi connectivity index (χ4v) is 3.37. The van der Waals surface area contributed by atoms with E-state index < -0.39 is 0 Å². The van der Waals surface area contributed by atoms with Crippen LogP contribution in [0.15, 0.2) is 0 Å². The first kappa shape index (κ1) is 11.1. The van der Waals surface area contributed by atoms with Gasteiger partial charge in [-0.25, -0.2) is 0 Å². The number of rotatable bonds is 4. The van der Waals surface area contributed by atoms with Crippen molar-refractivity contribution in [1.82, 2.24) is 4.90 Å². The highest BCUT2D eigenvalue weighted by atomic mass is 16.1. The van der Waals surface area contributed by atoms with Gasteiger partial charge in [0.2, 0.25) is 0 Å². The second-order valence-electron chi connectivity index (χ2n) is 5.10. The highest BCUT2D eigenvalue weighted by molar-refractivity contribution is 5.49. The molecule has 0 aromatic rings. The van der Waals surface area contributed by atoms with Gasteiger partial charge in [-0.1, -0.05) is 12.8 Å². The number of carbonyl (C=O) groups excluding carboxylic acids is 1. The van der Waals surface area contributed by atoms with Crippen LogP contribution in [0.25, 0.3) is 0 Å². The van der Waals surface area contributed by atoms with Crippen LogP contribution in [0.5, 0.6) is 0 Å². The molecule has 0 amide bonds. The maximum absolute atomic E-state index is 10.4. The summed E-state index contributed by atoms with van der Waals surface area (Å²) in [6.07, 6.45) is 11.3. The molecule has 2 atom stereocenters. The van der Waals surface area contributed by atoms with E-state index in [0.29, 0.717) is 0 Å². The number of nitrogens with zero attached hydrogens (tertiary/aromatic N) is 1. The lowest BCUT2D eigenvalue weighted by Gasteiger charge is -2.35. The summed E-state index contributed by atoms with van der Waals surface area (Å²) in [4.78, 5) is 13.1. The van der Waals surface area contributed by atoms with Gasteiger partial charge in [-0.05, 0) is 51.1 Å². The summed E-state index contributed by atoms with van der Waals surface area (Å²) in [7, 11) is 0. The molecular weight excluding hydrogens is 186 g/mol. The maximum Gasteiger partial charge on any atom is 0.120 e. The van der Waals surface area contributed by atoms with Crippen molar-refractivity contribution >= 4 is 6.29 Å². The summed E-state index contributed by atoms with van der Waals surface area (Å²) in [5.41, 5.74) is 0. The van der Waals surface area contributed by atoms with E-state index in [4.69, 9.17) is 0 Å². The summed E-state index contributed by atoms with van der Waals surface area (Å²) < 4.78 is 0. The third kappa shape index (κ3) is 2.81. The predicted molar refractivity (Wildman–Crippen MR) is 61.9 cm³/mol. The van der Waals surface area contributed by atoms with Crippen LogP contribution in [0.1, 0.15) is 51.4 Å². The zero-order valence-corrected chi connectivity index (χ0v) is 9.66. The normalized spacial score (nSPS) is 33.1. The minimum atomic E-state index is 0.773. The Morgan fingerprint density at radius 1 is 1.07 bits per heavy atom. The van der Waals surface area contributed by atoms with E-state index in [1.807, 2.05) is 0 Å². The van der Waals surface area contributed by atoms with Gasteiger partial charge in [0.1, 0.15) is 6.29 Å². The minimum absolute atomic E-state index is 0.773. The third-order valence-electron chi connectivity index (χ3n) is 4.13. The summed E-state index contributed by atoms with van der Waals surface area (Å²) in [5.74, 6) is 0.813. The zero-order chi connectivity index (χ0) is 10.5. The van der Waals surface area contributed by atoms with Crippen molar-refractivity contribution in [3.8, 4) is 0 Å². The lowest BCUT2D eigenvalue weighted by molar-refractivity contribution is -0.108. The van der Waals surface area contributed by atoms with Crippen LogP contribution in [0.3, 0.4) is 0 Å². The van der Waals surface area contributed by atoms with Crippen molar-refractivity contribution in [3.63, 3.8) is 0 Å². The molecular formula is C13H23NO. The van der Waals surface area contributed by atoms with Crippen molar-refractivity contribution in [2.45, 2.75) is 57.4 Å². The molecule has 1 saturated carbocycles. The smallest absolute Gasteiger partial charge is 0.120 e. The molecule has 1 saturated heterocycles. The quantitative estimate of drug-likeness (QED) is 0.663. The lowest BCUT2D eigenvalue weighted by atomic mass is 9.95. The van der Waals surface area contributed by atoms with Crippen LogP contribution in [0.4, 0.5) is 0 Å². The SMILES string of the molecule is O=CCCC1CCCC1N1CCCCC1. The van der Waals surface area contributed by atoms with Crippen molar-refractivity contribution in [2.24, 2.45) is 5.92 Å². The minimum Gasteiger partial charge on any atom is -0.303 e. The molecule has 2 fully saturated rings. The van der Waals surface area contributed by atoms with Crippen molar-refractivity contribution < 1.29 is 4.79 Å². The lowest BCUT2D eigenvalue weighted by Crippen LogP contribution is -2.41. The van der Waals surface area contributed by atoms with Gasteiger partial charge < -0.3 is 9.69 Å². The van der Waals surface area contributed by atoms with E-state index in [1.165, 1.54) is 51.6 Å². The van der Waals surface area contributed by atoms with Gasteiger partial charge in [0, 0.05) is 12.5 Å². The second-order valence-corrected chi connectivity index (χ2v) is 5.10. The average molecular weight is 209 g/mol. The van der Waals surface area contributed by atoms with Crippen LogP contribution in [-0.2, 0) is 4.79 Å². The molecule has 0 bridgehead atoms. The topological polar surface area (TPSA) is 20.3 Å². The van der Waals surface area contributed by atoms with Crippen LogP contribution in [-0.4, -0.2) is 30.3 Å². The molecule has 2 nitrogen and oxygen atoms in total. The number of hydrogen-bond acceptors (Lipinski definition) is 2. The molecule has 0 aromatic carbocycles. The molecule has 1 aliphatic carbocycles. The summed E-state index contributed by atoms with van der Waals surface area (Å²) in [5, 5.41) is 0. The van der Waals surface area contributed by atoms with E-state index in [0.717, 1.165) is 31.1 Å². The zero-order valence-electron chi connectivity index (χ0n) is 9.66. The number of hydrogen-bond donors (Lipinski definition) is 0. The fourth-order valence-electron chi connectivity index (χ4n) is 3.37. The van der Waals surface area contributed by atoms with E-state index >= 15 is 0 Å². The summed E-state index contributed by atoms with van der Waals surface area (Å²) in [6.45, 7) is 2.62. The van der Waals surface area contributed by atoms with Crippen molar-refractivity contribution in [2.75, 3.05) is 13.1 Å². The van der Waals surface area contributed by atoms with Crippen molar-refractivity contribution in [3.05, 3.63) is 0 Å². The van der Waals surface area contributed by atoms with E-state index in [2.05, 4.69) is 4.90 Å². The van der Waals surface area contributed by atoms with Crippen LogP contribution < -0.4 is 0 Å². The molecule has 1 heterocycles. The van der Waals surface area contributed by atoms with Gasteiger partial charge in [-0.15, -0.1) is 0 Å². The first-order valence-corrected chi connectivity index (χ1v) is 6.59. The van der Waals surface area contributed by atoms with E-state index in [1.54, 1.807) is 0 Å². The first-order chi connectivity index (χ1) is 7.42. The Morgan fingerprint density at radius 2 is 1.87 bits per heavy atom. The largest absolute Gasteiger partial charge is 0.303 e. The van der Waals surface area contributed by atoms with Gasteiger partial charge in [0.15, 0.2) is 0 Å². The van der Waals surface area contributed by atoms with Gasteiger partial charge in [0.25, 0.3) is 0 Å². The Bertz CT molecular complexity index is 199. The summed E-state index contributed by atoms with van der Waals surface area (Å²) >= 11 is 0.